The number of benzene rings is 1. The van der Waals surface area contributed by atoms with Crippen LogP contribution < -0.4 is 10.4 Å². The summed E-state index contributed by atoms with van der Waals surface area (Å²) in [7, 11) is 0. The Hall–Kier alpha value is -2.30. The summed E-state index contributed by atoms with van der Waals surface area (Å²) in [5, 5.41) is 0.820. The maximum Gasteiger partial charge on any atom is 0.336 e. The van der Waals surface area contributed by atoms with Crippen molar-refractivity contribution in [3.05, 3.63) is 40.8 Å². The minimum atomic E-state index is -0.559. The monoisotopic (exact) mass is 315 g/mol. The third kappa shape index (κ3) is 3.55. The molecule has 0 N–H and O–H groups in total. The highest BCUT2D eigenvalue weighted by molar-refractivity contribution is 5.81. The molecule has 0 bridgehead atoms. The molecule has 1 unspecified atom stereocenters. The molecule has 5 heteroatoms. The van der Waals surface area contributed by atoms with Crippen molar-refractivity contribution in [3.8, 4) is 5.75 Å². The van der Waals surface area contributed by atoms with Crippen LogP contribution >= 0.6 is 0 Å². The molecule has 2 aromatic rings. The minimum Gasteiger partial charge on any atom is -0.481 e. The Labute approximate surface area is 134 Å². The molecule has 1 saturated heterocycles. The lowest BCUT2D eigenvalue weighted by Crippen LogP contribution is -2.44. The fraction of sp³-hybridized carbons (Fsp3) is 0.444. The van der Waals surface area contributed by atoms with E-state index in [0.29, 0.717) is 17.3 Å². The van der Waals surface area contributed by atoms with E-state index < -0.39 is 11.7 Å². The zero-order valence-electron chi connectivity index (χ0n) is 13.5. The molecule has 5 nitrogen and oxygen atoms in total. The van der Waals surface area contributed by atoms with Crippen molar-refractivity contribution in [3.63, 3.8) is 0 Å². The van der Waals surface area contributed by atoms with Crippen LogP contribution in [0.2, 0.25) is 0 Å². The van der Waals surface area contributed by atoms with Gasteiger partial charge in [-0.15, -0.1) is 0 Å². The van der Waals surface area contributed by atoms with E-state index >= 15 is 0 Å². The second-order valence-electron chi connectivity index (χ2n) is 6.22. The van der Waals surface area contributed by atoms with Crippen molar-refractivity contribution in [1.29, 1.82) is 0 Å². The average Bonchev–Trinajstić information content (AvgIpc) is 2.54. The summed E-state index contributed by atoms with van der Waals surface area (Å²) >= 11 is 0. The zero-order chi connectivity index (χ0) is 16.4. The lowest BCUT2D eigenvalue weighted by atomic mass is 9.99. The third-order valence-corrected chi connectivity index (χ3v) is 4.35. The minimum absolute atomic E-state index is 0.00603. The number of piperidine rings is 1. The number of amides is 1. The van der Waals surface area contributed by atoms with Gasteiger partial charge in [-0.1, -0.05) is 6.92 Å². The Morgan fingerprint density at radius 3 is 2.70 bits per heavy atom. The Bertz CT molecular complexity index is 759. The van der Waals surface area contributed by atoms with Gasteiger partial charge in [0.05, 0.1) is 0 Å². The van der Waals surface area contributed by atoms with E-state index in [1.807, 2.05) is 11.0 Å². The predicted molar refractivity (Wildman–Crippen MR) is 87.6 cm³/mol. The van der Waals surface area contributed by atoms with Crippen LogP contribution in [-0.4, -0.2) is 30.0 Å². The van der Waals surface area contributed by atoms with Crippen molar-refractivity contribution in [2.45, 2.75) is 32.8 Å². The second-order valence-corrected chi connectivity index (χ2v) is 6.22. The topological polar surface area (TPSA) is 59.8 Å². The number of hydrogen-bond acceptors (Lipinski definition) is 4. The van der Waals surface area contributed by atoms with Gasteiger partial charge < -0.3 is 14.1 Å². The van der Waals surface area contributed by atoms with Crippen LogP contribution in [0.25, 0.3) is 11.0 Å². The van der Waals surface area contributed by atoms with E-state index in [0.717, 1.165) is 31.3 Å². The Morgan fingerprint density at radius 2 is 1.96 bits per heavy atom. The Morgan fingerprint density at radius 1 is 1.26 bits per heavy atom. The van der Waals surface area contributed by atoms with Crippen LogP contribution in [-0.2, 0) is 4.79 Å². The van der Waals surface area contributed by atoms with Crippen LogP contribution in [0, 0.1) is 5.92 Å². The lowest BCUT2D eigenvalue weighted by Gasteiger charge is -2.32. The van der Waals surface area contributed by atoms with Gasteiger partial charge in [-0.05, 0) is 43.9 Å². The summed E-state index contributed by atoms with van der Waals surface area (Å²) in [6.45, 7) is 5.55. The SMILES string of the molecule is CC1CCN(C(=O)C(C)Oc2ccc3ccc(=O)oc3c2)CC1. The van der Waals surface area contributed by atoms with Crippen LogP contribution in [0.3, 0.4) is 0 Å². The van der Waals surface area contributed by atoms with Crippen LogP contribution in [0.1, 0.15) is 26.7 Å². The average molecular weight is 315 g/mol. The molecule has 122 valence electrons. The highest BCUT2D eigenvalue weighted by Crippen LogP contribution is 2.22. The summed E-state index contributed by atoms with van der Waals surface area (Å²) in [6.07, 6.45) is 1.52. The number of fused-ring (bicyclic) bond motifs is 1. The number of carbonyl (C=O) groups is 1. The summed E-state index contributed by atoms with van der Waals surface area (Å²) in [5.74, 6) is 1.21. The normalized spacial score (nSPS) is 17.2. The maximum absolute atomic E-state index is 12.5. The van der Waals surface area contributed by atoms with Crippen LogP contribution in [0.15, 0.2) is 39.5 Å². The molecule has 1 atom stereocenters. The van der Waals surface area contributed by atoms with Gasteiger partial charge in [0, 0.05) is 30.6 Å². The van der Waals surface area contributed by atoms with Crippen molar-refractivity contribution in [2.24, 2.45) is 5.92 Å². The first-order valence-corrected chi connectivity index (χ1v) is 8.02. The molecular formula is C18H21NO4. The Balaban J connectivity index is 1.70. The van der Waals surface area contributed by atoms with Gasteiger partial charge in [0.2, 0.25) is 0 Å². The summed E-state index contributed by atoms with van der Waals surface area (Å²) in [4.78, 5) is 25.6. The largest absolute Gasteiger partial charge is 0.481 e. The molecule has 1 amide bonds. The fourth-order valence-corrected chi connectivity index (χ4v) is 2.85. The number of carbonyl (C=O) groups excluding carboxylic acids is 1. The molecule has 1 fully saturated rings. The van der Waals surface area contributed by atoms with Crippen molar-refractivity contribution >= 4 is 16.9 Å². The summed E-state index contributed by atoms with van der Waals surface area (Å²) in [6, 6.07) is 8.33. The van der Waals surface area contributed by atoms with E-state index in [9.17, 15) is 9.59 Å². The van der Waals surface area contributed by atoms with Gasteiger partial charge in [0.15, 0.2) is 6.10 Å². The first-order valence-electron chi connectivity index (χ1n) is 8.02. The lowest BCUT2D eigenvalue weighted by molar-refractivity contribution is -0.139. The molecule has 0 spiro atoms. The van der Waals surface area contributed by atoms with Gasteiger partial charge >= 0.3 is 5.63 Å². The molecule has 0 aliphatic carbocycles. The molecule has 0 radical (unpaired) electrons. The molecule has 2 heterocycles. The van der Waals surface area contributed by atoms with Gasteiger partial charge in [-0.3, -0.25) is 4.79 Å². The van der Waals surface area contributed by atoms with E-state index in [4.69, 9.17) is 9.15 Å². The van der Waals surface area contributed by atoms with Gasteiger partial charge in [0.1, 0.15) is 11.3 Å². The first kappa shape index (κ1) is 15.6. The zero-order valence-corrected chi connectivity index (χ0v) is 13.5. The van der Waals surface area contributed by atoms with E-state index in [-0.39, 0.29) is 5.91 Å². The second kappa shape index (κ2) is 6.44. The molecule has 1 aromatic carbocycles. The molecule has 23 heavy (non-hydrogen) atoms. The molecule has 1 aromatic heterocycles. The van der Waals surface area contributed by atoms with Gasteiger partial charge in [-0.2, -0.15) is 0 Å². The number of likely N-dealkylation sites (tertiary alicyclic amines) is 1. The quantitative estimate of drug-likeness (QED) is 0.817. The van der Waals surface area contributed by atoms with E-state index in [1.165, 1.54) is 6.07 Å². The molecule has 1 aliphatic heterocycles. The standard InChI is InChI=1S/C18H21NO4/c1-12-7-9-19(10-8-12)18(21)13(2)22-15-5-3-14-4-6-17(20)23-16(14)11-15/h3-6,11-13H,7-10H2,1-2H3. The van der Waals surface area contributed by atoms with E-state index in [1.54, 1.807) is 25.1 Å². The molecule has 0 saturated carbocycles. The molecule has 3 rings (SSSR count). The van der Waals surface area contributed by atoms with Crippen LogP contribution in [0.5, 0.6) is 5.75 Å². The van der Waals surface area contributed by atoms with Gasteiger partial charge in [-0.25, -0.2) is 4.79 Å². The Kier molecular flexibility index (Phi) is 4.37. The number of ether oxygens (including phenoxy) is 1. The molecular weight excluding hydrogens is 294 g/mol. The fourth-order valence-electron chi connectivity index (χ4n) is 2.85. The van der Waals surface area contributed by atoms with E-state index in [2.05, 4.69) is 6.92 Å². The summed E-state index contributed by atoms with van der Waals surface area (Å²) < 4.78 is 10.9. The predicted octanol–water partition coefficient (Wildman–Crippen LogP) is 2.82. The van der Waals surface area contributed by atoms with Crippen LogP contribution in [0.4, 0.5) is 0 Å². The van der Waals surface area contributed by atoms with Crippen molar-refractivity contribution in [1.82, 2.24) is 4.90 Å². The highest BCUT2D eigenvalue weighted by atomic mass is 16.5. The van der Waals surface area contributed by atoms with Gasteiger partial charge in [0.25, 0.3) is 5.91 Å². The summed E-state index contributed by atoms with van der Waals surface area (Å²) in [5.41, 5.74) is 0.0580. The maximum atomic E-state index is 12.5. The number of hydrogen-bond donors (Lipinski definition) is 0. The first-order chi connectivity index (χ1) is 11.0. The number of rotatable bonds is 3. The number of nitrogens with zero attached hydrogens (tertiary/aromatic N) is 1. The third-order valence-electron chi connectivity index (χ3n) is 4.35. The van der Waals surface area contributed by atoms with Crippen molar-refractivity contribution in [2.75, 3.05) is 13.1 Å². The molecule has 1 aliphatic rings. The van der Waals surface area contributed by atoms with Crippen molar-refractivity contribution < 1.29 is 13.9 Å². The highest BCUT2D eigenvalue weighted by Gasteiger charge is 2.25. The smallest absolute Gasteiger partial charge is 0.336 e.